The van der Waals surface area contributed by atoms with Gasteiger partial charge >= 0.3 is 5.97 Å². The molecule has 4 heteroatoms. The van der Waals surface area contributed by atoms with Crippen LogP contribution in [0.5, 0.6) is 0 Å². The van der Waals surface area contributed by atoms with E-state index in [1.807, 2.05) is 0 Å². The smallest absolute Gasteiger partial charge is 0.306 e. The summed E-state index contributed by atoms with van der Waals surface area (Å²) in [6.07, 6.45) is 53.8. The van der Waals surface area contributed by atoms with E-state index in [2.05, 4.69) is 38.2 Å². The van der Waals surface area contributed by atoms with Crippen LogP contribution in [0.15, 0.2) is 24.3 Å². The standard InChI is InChI=1S/C46H88O4/c1-3-5-7-9-11-13-15-17-19-21-23-24-26-28-30-32-34-36-38-40-42-49-44-45(43-47)50-46(48)41-39-37-35-33-31-29-27-25-22-20-18-16-14-12-10-8-6-4-2/h17,19-20,22,45,47H,3-16,18,21,23-44H2,1-2H3/b19-17-,22-20-. The van der Waals surface area contributed by atoms with Crippen LogP contribution in [0.2, 0.25) is 0 Å². The van der Waals surface area contributed by atoms with E-state index in [0.717, 1.165) is 19.3 Å². The number of hydrogen-bond donors (Lipinski definition) is 1. The van der Waals surface area contributed by atoms with Crippen LogP contribution >= 0.6 is 0 Å². The van der Waals surface area contributed by atoms with Gasteiger partial charge in [0.05, 0.1) is 13.2 Å². The van der Waals surface area contributed by atoms with Gasteiger partial charge in [-0.3, -0.25) is 4.79 Å². The van der Waals surface area contributed by atoms with Crippen molar-refractivity contribution in [2.45, 2.75) is 245 Å². The number of allylic oxidation sites excluding steroid dienone is 4. The zero-order valence-electron chi connectivity index (χ0n) is 33.9. The van der Waals surface area contributed by atoms with Gasteiger partial charge in [-0.15, -0.1) is 0 Å². The van der Waals surface area contributed by atoms with E-state index in [9.17, 15) is 9.90 Å². The molecule has 0 rings (SSSR count). The molecule has 0 aliphatic carbocycles. The number of ether oxygens (including phenoxy) is 2. The molecule has 0 saturated carbocycles. The maximum atomic E-state index is 12.2. The summed E-state index contributed by atoms with van der Waals surface area (Å²) in [4.78, 5) is 12.2. The fourth-order valence-corrected chi connectivity index (χ4v) is 6.61. The fourth-order valence-electron chi connectivity index (χ4n) is 6.61. The predicted octanol–water partition coefficient (Wildman–Crippen LogP) is 14.7. The molecule has 0 aromatic rings. The van der Waals surface area contributed by atoms with E-state index >= 15 is 0 Å². The Balaban J connectivity index is 3.40. The molecule has 0 aromatic carbocycles. The van der Waals surface area contributed by atoms with E-state index in [-0.39, 0.29) is 12.6 Å². The van der Waals surface area contributed by atoms with Crippen LogP contribution in [0.1, 0.15) is 239 Å². The molecule has 1 unspecified atom stereocenters. The lowest BCUT2D eigenvalue weighted by atomic mass is 10.1. The first-order chi connectivity index (χ1) is 24.7. The molecule has 0 saturated heterocycles. The second-order valence-corrected chi connectivity index (χ2v) is 15.1. The van der Waals surface area contributed by atoms with E-state index in [4.69, 9.17) is 9.47 Å². The number of hydrogen-bond acceptors (Lipinski definition) is 4. The Morgan fingerprint density at radius 1 is 0.460 bits per heavy atom. The Morgan fingerprint density at radius 2 is 0.780 bits per heavy atom. The van der Waals surface area contributed by atoms with Crippen molar-refractivity contribution in [3.8, 4) is 0 Å². The van der Waals surface area contributed by atoms with E-state index in [1.165, 1.54) is 199 Å². The lowest BCUT2D eigenvalue weighted by Crippen LogP contribution is -2.27. The van der Waals surface area contributed by atoms with Gasteiger partial charge in [0.15, 0.2) is 0 Å². The van der Waals surface area contributed by atoms with Crippen LogP contribution in [0.3, 0.4) is 0 Å². The molecule has 0 aromatic heterocycles. The van der Waals surface area contributed by atoms with Gasteiger partial charge in [-0.2, -0.15) is 0 Å². The Morgan fingerprint density at radius 3 is 1.14 bits per heavy atom. The summed E-state index contributed by atoms with van der Waals surface area (Å²) in [6.45, 7) is 5.36. The number of aliphatic hydroxyl groups excluding tert-OH is 1. The summed E-state index contributed by atoms with van der Waals surface area (Å²) in [5.41, 5.74) is 0. The molecule has 0 heterocycles. The van der Waals surface area contributed by atoms with Crippen molar-refractivity contribution >= 4 is 5.97 Å². The van der Waals surface area contributed by atoms with Crippen molar-refractivity contribution < 1.29 is 19.4 Å². The Hall–Kier alpha value is -1.13. The molecule has 1 N–H and O–H groups in total. The van der Waals surface area contributed by atoms with E-state index < -0.39 is 6.10 Å². The third-order valence-corrected chi connectivity index (χ3v) is 10.00. The molecular formula is C46H88O4. The van der Waals surface area contributed by atoms with Gasteiger partial charge in [-0.25, -0.2) is 0 Å². The molecule has 0 radical (unpaired) electrons. The third-order valence-electron chi connectivity index (χ3n) is 10.00. The second-order valence-electron chi connectivity index (χ2n) is 15.1. The van der Waals surface area contributed by atoms with E-state index in [0.29, 0.717) is 19.6 Å². The van der Waals surface area contributed by atoms with Gasteiger partial charge < -0.3 is 14.6 Å². The molecule has 0 fully saturated rings. The average molecular weight is 705 g/mol. The number of esters is 1. The Kier molecular flexibility index (Phi) is 43.0. The number of carbonyl (C=O) groups excluding carboxylic acids is 1. The molecule has 0 spiro atoms. The van der Waals surface area contributed by atoms with Crippen molar-refractivity contribution in [1.29, 1.82) is 0 Å². The molecule has 296 valence electrons. The summed E-state index contributed by atoms with van der Waals surface area (Å²) >= 11 is 0. The summed E-state index contributed by atoms with van der Waals surface area (Å²) < 4.78 is 11.2. The van der Waals surface area contributed by atoms with Crippen LogP contribution in [0.4, 0.5) is 0 Å². The number of unbranched alkanes of at least 4 members (excludes halogenated alkanes) is 30. The minimum atomic E-state index is -0.534. The van der Waals surface area contributed by atoms with Gasteiger partial charge in [0.2, 0.25) is 0 Å². The lowest BCUT2D eigenvalue weighted by Gasteiger charge is -2.16. The van der Waals surface area contributed by atoms with Crippen LogP contribution < -0.4 is 0 Å². The second kappa shape index (κ2) is 44.0. The normalized spacial score (nSPS) is 12.5. The van der Waals surface area contributed by atoms with Crippen LogP contribution in [-0.4, -0.2) is 37.0 Å². The van der Waals surface area contributed by atoms with Crippen molar-refractivity contribution in [2.75, 3.05) is 19.8 Å². The highest BCUT2D eigenvalue weighted by Gasteiger charge is 2.13. The van der Waals surface area contributed by atoms with Crippen LogP contribution in [0, 0.1) is 0 Å². The van der Waals surface area contributed by atoms with Crippen LogP contribution in [-0.2, 0) is 14.3 Å². The summed E-state index contributed by atoms with van der Waals surface area (Å²) in [5.74, 6) is -0.202. The lowest BCUT2D eigenvalue weighted by molar-refractivity contribution is -0.154. The summed E-state index contributed by atoms with van der Waals surface area (Å²) in [7, 11) is 0. The van der Waals surface area contributed by atoms with Crippen LogP contribution in [0.25, 0.3) is 0 Å². The topological polar surface area (TPSA) is 55.8 Å². The van der Waals surface area contributed by atoms with Crippen molar-refractivity contribution in [2.24, 2.45) is 0 Å². The maximum Gasteiger partial charge on any atom is 0.306 e. The van der Waals surface area contributed by atoms with Gasteiger partial charge in [0.25, 0.3) is 0 Å². The summed E-state index contributed by atoms with van der Waals surface area (Å²) in [5, 5.41) is 9.61. The Bertz CT molecular complexity index is 702. The molecule has 1 atom stereocenters. The highest BCUT2D eigenvalue weighted by Crippen LogP contribution is 2.14. The average Bonchev–Trinajstić information content (AvgIpc) is 3.12. The van der Waals surface area contributed by atoms with E-state index in [1.54, 1.807) is 0 Å². The third kappa shape index (κ3) is 41.3. The monoisotopic (exact) mass is 705 g/mol. The highest BCUT2D eigenvalue weighted by molar-refractivity contribution is 5.69. The van der Waals surface area contributed by atoms with Crippen molar-refractivity contribution in [3.05, 3.63) is 24.3 Å². The first-order valence-electron chi connectivity index (χ1n) is 22.4. The van der Waals surface area contributed by atoms with Gasteiger partial charge in [0, 0.05) is 13.0 Å². The maximum absolute atomic E-state index is 12.2. The molecule has 0 amide bonds. The summed E-state index contributed by atoms with van der Waals surface area (Å²) in [6, 6.07) is 0. The number of rotatable bonds is 42. The molecule has 0 aliphatic rings. The molecule has 0 aliphatic heterocycles. The molecule has 0 bridgehead atoms. The van der Waals surface area contributed by atoms with Gasteiger partial charge in [0.1, 0.15) is 6.10 Å². The molecule has 50 heavy (non-hydrogen) atoms. The van der Waals surface area contributed by atoms with Gasteiger partial charge in [-0.05, 0) is 64.2 Å². The predicted molar refractivity (Wildman–Crippen MR) is 219 cm³/mol. The van der Waals surface area contributed by atoms with Gasteiger partial charge in [-0.1, -0.05) is 192 Å². The minimum absolute atomic E-state index is 0.171. The largest absolute Gasteiger partial charge is 0.457 e. The molecular weight excluding hydrogens is 617 g/mol. The molecule has 4 nitrogen and oxygen atoms in total. The zero-order chi connectivity index (χ0) is 36.3. The number of aliphatic hydroxyl groups is 1. The highest BCUT2D eigenvalue weighted by atomic mass is 16.6. The quantitative estimate of drug-likeness (QED) is 0.0390. The zero-order valence-corrected chi connectivity index (χ0v) is 33.9. The first-order valence-corrected chi connectivity index (χ1v) is 22.4. The number of carbonyl (C=O) groups is 1. The SMILES string of the molecule is CCCCCCCC/C=C\CCCCCCCCCCCCOCC(CO)OC(=O)CCCCCCCCC/C=C\CCCCCCCCC. The van der Waals surface area contributed by atoms with Crippen molar-refractivity contribution in [1.82, 2.24) is 0 Å². The Labute approximate surface area is 313 Å². The first kappa shape index (κ1) is 48.9. The minimum Gasteiger partial charge on any atom is -0.457 e. The fraction of sp³-hybridized carbons (Fsp3) is 0.891. The van der Waals surface area contributed by atoms with Crippen molar-refractivity contribution in [3.63, 3.8) is 0 Å².